The summed E-state index contributed by atoms with van der Waals surface area (Å²) in [5.41, 5.74) is 0.503. The molecule has 0 aromatic heterocycles. The zero-order chi connectivity index (χ0) is 12.1. The van der Waals surface area contributed by atoms with E-state index in [0.717, 1.165) is 12.1 Å². The maximum absolute atomic E-state index is 11.8. The van der Waals surface area contributed by atoms with Crippen LogP contribution in [0.1, 0.15) is 48.0 Å². The Balaban J connectivity index is 4.57. The van der Waals surface area contributed by atoms with E-state index in [4.69, 9.17) is 4.74 Å². The minimum atomic E-state index is -0.433. The van der Waals surface area contributed by atoms with Crippen LogP contribution in [0.5, 0.6) is 0 Å². The Hall–Kier alpha value is -0.990. The molecule has 0 N–H and O–H groups in total. The second-order valence-corrected chi connectivity index (χ2v) is 4.56. The topological polar surface area (TPSA) is 29.5 Å². The molecule has 0 aliphatic carbocycles. The highest BCUT2D eigenvalue weighted by Gasteiger charge is 2.22. The third kappa shape index (κ3) is 5.45. The smallest absolute Gasteiger partial charge is 0.414 e. The molecule has 15 heavy (non-hydrogen) atoms. The lowest BCUT2D eigenvalue weighted by molar-refractivity contribution is 0.0313. The molecule has 0 aliphatic heterocycles. The van der Waals surface area contributed by atoms with E-state index < -0.39 is 5.60 Å². The molecule has 0 saturated heterocycles. The summed E-state index contributed by atoms with van der Waals surface area (Å²) in [7, 11) is 0. The van der Waals surface area contributed by atoms with Gasteiger partial charge in [-0.25, -0.2) is 4.79 Å². The lowest BCUT2D eigenvalue weighted by Crippen LogP contribution is -2.36. The molecule has 0 fully saturated rings. The highest BCUT2D eigenvalue weighted by molar-refractivity contribution is 5.70. The van der Waals surface area contributed by atoms with E-state index in [1.807, 2.05) is 47.6 Å². The van der Waals surface area contributed by atoms with Crippen molar-refractivity contribution in [1.82, 2.24) is 4.90 Å². The molecule has 1 amide bonds. The monoisotopic (exact) mass is 213 g/mol. The molecule has 0 atom stereocenters. The van der Waals surface area contributed by atoms with Crippen LogP contribution in [-0.2, 0) is 4.74 Å². The molecule has 3 heteroatoms. The molecule has 0 unspecified atom stereocenters. The van der Waals surface area contributed by atoms with Gasteiger partial charge in [-0.1, -0.05) is 13.0 Å². The van der Waals surface area contributed by atoms with Gasteiger partial charge in [0.05, 0.1) is 0 Å². The van der Waals surface area contributed by atoms with Crippen LogP contribution in [0, 0.1) is 0 Å². The van der Waals surface area contributed by atoms with Gasteiger partial charge in [0.15, 0.2) is 0 Å². The van der Waals surface area contributed by atoms with Gasteiger partial charge in [-0.3, -0.25) is 4.90 Å². The Morgan fingerprint density at radius 3 is 2.27 bits per heavy atom. The molecule has 0 saturated carbocycles. The van der Waals surface area contributed by atoms with Crippen molar-refractivity contribution in [3.05, 3.63) is 11.8 Å². The number of carbonyl (C=O) groups excluding carboxylic acids is 1. The normalized spacial score (nSPS) is 12.5. The number of ether oxygens (including phenoxy) is 1. The minimum absolute atomic E-state index is 0.264. The summed E-state index contributed by atoms with van der Waals surface area (Å²) in [5, 5.41) is 0. The van der Waals surface area contributed by atoms with Gasteiger partial charge in [-0.15, -0.1) is 0 Å². The third-order valence-corrected chi connectivity index (χ3v) is 1.90. The Bertz CT molecular complexity index is 238. The number of hydrogen-bond donors (Lipinski definition) is 0. The lowest BCUT2D eigenvalue weighted by atomic mass is 10.2. The van der Waals surface area contributed by atoms with Crippen molar-refractivity contribution in [2.24, 2.45) is 0 Å². The standard InChI is InChI=1S/C12H23NO2/c1-7-9-13(10(3)8-2)11(14)15-12(4,5)6/h8H,7,9H2,1-6H3. The number of carbonyl (C=O) groups is 1. The average molecular weight is 213 g/mol. The summed E-state index contributed by atoms with van der Waals surface area (Å²) >= 11 is 0. The lowest BCUT2D eigenvalue weighted by Gasteiger charge is -2.27. The molecule has 0 spiro atoms. The van der Waals surface area contributed by atoms with Crippen molar-refractivity contribution in [2.45, 2.75) is 53.6 Å². The van der Waals surface area contributed by atoms with E-state index in [-0.39, 0.29) is 6.09 Å². The van der Waals surface area contributed by atoms with Gasteiger partial charge in [0.25, 0.3) is 0 Å². The molecular weight excluding hydrogens is 190 g/mol. The van der Waals surface area contributed by atoms with E-state index in [1.54, 1.807) is 4.90 Å². The zero-order valence-electron chi connectivity index (χ0n) is 10.8. The summed E-state index contributed by atoms with van der Waals surface area (Å²) in [5.74, 6) is 0. The summed E-state index contributed by atoms with van der Waals surface area (Å²) in [6.45, 7) is 12.2. The molecule has 0 bridgehead atoms. The van der Waals surface area contributed by atoms with Crippen molar-refractivity contribution in [3.8, 4) is 0 Å². The van der Waals surface area contributed by atoms with Crippen LogP contribution < -0.4 is 0 Å². The van der Waals surface area contributed by atoms with Crippen molar-refractivity contribution >= 4 is 6.09 Å². The first-order valence-electron chi connectivity index (χ1n) is 5.45. The van der Waals surface area contributed by atoms with Gasteiger partial charge < -0.3 is 4.74 Å². The fourth-order valence-electron chi connectivity index (χ4n) is 1.11. The van der Waals surface area contributed by atoms with Crippen LogP contribution in [0.25, 0.3) is 0 Å². The molecule has 0 aromatic carbocycles. The summed E-state index contributed by atoms with van der Waals surface area (Å²) < 4.78 is 5.32. The summed E-state index contributed by atoms with van der Waals surface area (Å²) in [6, 6.07) is 0. The second-order valence-electron chi connectivity index (χ2n) is 4.56. The molecule has 0 aromatic rings. The van der Waals surface area contributed by atoms with Crippen LogP contribution in [0.3, 0.4) is 0 Å². The maximum atomic E-state index is 11.8. The third-order valence-electron chi connectivity index (χ3n) is 1.90. The van der Waals surface area contributed by atoms with Gasteiger partial charge in [-0.2, -0.15) is 0 Å². The maximum Gasteiger partial charge on any atom is 0.414 e. The van der Waals surface area contributed by atoms with Gasteiger partial charge in [0.2, 0.25) is 0 Å². The molecule has 88 valence electrons. The molecule has 3 nitrogen and oxygen atoms in total. The van der Waals surface area contributed by atoms with E-state index in [1.165, 1.54) is 0 Å². The predicted octanol–water partition coefficient (Wildman–Crippen LogP) is 3.56. The summed E-state index contributed by atoms with van der Waals surface area (Å²) in [4.78, 5) is 13.5. The van der Waals surface area contributed by atoms with E-state index in [2.05, 4.69) is 0 Å². The number of nitrogens with zero attached hydrogens (tertiary/aromatic N) is 1. The van der Waals surface area contributed by atoms with Crippen molar-refractivity contribution in [2.75, 3.05) is 6.54 Å². The minimum Gasteiger partial charge on any atom is -0.443 e. The predicted molar refractivity (Wildman–Crippen MR) is 62.7 cm³/mol. The van der Waals surface area contributed by atoms with Crippen LogP contribution in [0.4, 0.5) is 4.79 Å². The highest BCUT2D eigenvalue weighted by Crippen LogP contribution is 2.13. The molecule has 0 aliphatic rings. The van der Waals surface area contributed by atoms with Gasteiger partial charge >= 0.3 is 6.09 Å². The first-order chi connectivity index (χ1) is 6.81. The van der Waals surface area contributed by atoms with Crippen LogP contribution >= 0.6 is 0 Å². The van der Waals surface area contributed by atoms with E-state index in [9.17, 15) is 4.79 Å². The highest BCUT2D eigenvalue weighted by atomic mass is 16.6. The first kappa shape index (κ1) is 14.0. The quantitative estimate of drug-likeness (QED) is 0.717. The van der Waals surface area contributed by atoms with Gasteiger partial charge in [0.1, 0.15) is 5.60 Å². The van der Waals surface area contributed by atoms with Crippen LogP contribution in [0.2, 0.25) is 0 Å². The van der Waals surface area contributed by atoms with Crippen molar-refractivity contribution < 1.29 is 9.53 Å². The van der Waals surface area contributed by atoms with Crippen LogP contribution in [0.15, 0.2) is 11.8 Å². The number of hydrogen-bond acceptors (Lipinski definition) is 2. The van der Waals surface area contributed by atoms with Crippen molar-refractivity contribution in [1.29, 1.82) is 0 Å². The fraction of sp³-hybridized carbons (Fsp3) is 0.750. The zero-order valence-corrected chi connectivity index (χ0v) is 10.8. The Morgan fingerprint density at radius 2 is 1.93 bits per heavy atom. The molecule has 0 heterocycles. The Morgan fingerprint density at radius 1 is 1.40 bits per heavy atom. The second kappa shape index (κ2) is 5.79. The first-order valence-corrected chi connectivity index (χ1v) is 5.45. The number of allylic oxidation sites excluding steroid dienone is 2. The Labute approximate surface area is 93.1 Å². The van der Waals surface area contributed by atoms with E-state index in [0.29, 0.717) is 6.54 Å². The Kier molecular flexibility index (Phi) is 5.40. The number of rotatable bonds is 3. The largest absolute Gasteiger partial charge is 0.443 e. The molecular formula is C12H23NO2. The van der Waals surface area contributed by atoms with Crippen molar-refractivity contribution in [3.63, 3.8) is 0 Å². The van der Waals surface area contributed by atoms with Gasteiger partial charge in [0, 0.05) is 12.2 Å². The SMILES string of the molecule is CC=C(C)N(CCC)C(=O)OC(C)(C)C. The van der Waals surface area contributed by atoms with Gasteiger partial charge in [-0.05, 0) is 41.0 Å². The summed E-state index contributed by atoms with van der Waals surface area (Å²) in [6.07, 6.45) is 2.57. The number of amides is 1. The molecule has 0 radical (unpaired) electrons. The fourth-order valence-corrected chi connectivity index (χ4v) is 1.11. The van der Waals surface area contributed by atoms with Crippen LogP contribution in [-0.4, -0.2) is 23.1 Å². The van der Waals surface area contributed by atoms with E-state index >= 15 is 0 Å². The molecule has 0 rings (SSSR count). The average Bonchev–Trinajstić information content (AvgIpc) is 2.10.